The first-order chi connectivity index (χ1) is 7.19. The van der Waals surface area contributed by atoms with Gasteiger partial charge in [0.15, 0.2) is 0 Å². The molecule has 0 atom stereocenters. The Kier molecular flexibility index (Phi) is 4.56. The van der Waals surface area contributed by atoms with Gasteiger partial charge in [0.25, 0.3) is 5.91 Å². The van der Waals surface area contributed by atoms with Crippen molar-refractivity contribution < 1.29 is 4.79 Å². The number of allylic oxidation sites excluding steroid dienone is 1. The molecule has 1 amide bonds. The zero-order valence-electron chi connectivity index (χ0n) is 8.90. The summed E-state index contributed by atoms with van der Waals surface area (Å²) in [6.07, 6.45) is 3.33. The van der Waals surface area contributed by atoms with Gasteiger partial charge in [-0.1, -0.05) is 22.0 Å². The maximum absolute atomic E-state index is 11.7. The molecule has 2 nitrogen and oxygen atoms in total. The van der Waals surface area contributed by atoms with Gasteiger partial charge in [0.05, 0.1) is 0 Å². The van der Waals surface area contributed by atoms with Gasteiger partial charge in [-0.15, -0.1) is 0 Å². The monoisotopic (exact) mass is 267 g/mol. The molecule has 1 aromatic rings. The SMILES string of the molecule is C/C=C/C(=O)N(CC)c1ccc(Br)cc1. The number of carbonyl (C=O) groups excluding carboxylic acids is 1. The Hall–Kier alpha value is -1.09. The minimum atomic E-state index is 0.0160. The molecule has 3 heteroatoms. The Labute approximate surface area is 98.7 Å². The number of rotatable bonds is 3. The highest BCUT2D eigenvalue weighted by atomic mass is 79.9. The van der Waals surface area contributed by atoms with Crippen LogP contribution in [-0.4, -0.2) is 12.5 Å². The van der Waals surface area contributed by atoms with Crippen LogP contribution in [0.3, 0.4) is 0 Å². The molecule has 0 fully saturated rings. The van der Waals surface area contributed by atoms with Crippen LogP contribution in [0.1, 0.15) is 13.8 Å². The Morgan fingerprint density at radius 2 is 2.00 bits per heavy atom. The second-order valence-corrected chi connectivity index (χ2v) is 3.97. The van der Waals surface area contributed by atoms with Crippen molar-refractivity contribution >= 4 is 27.5 Å². The van der Waals surface area contributed by atoms with Gasteiger partial charge < -0.3 is 4.90 Å². The molecule has 0 aliphatic heterocycles. The zero-order valence-corrected chi connectivity index (χ0v) is 10.5. The molecule has 0 radical (unpaired) electrons. The normalized spacial score (nSPS) is 10.6. The van der Waals surface area contributed by atoms with Crippen molar-refractivity contribution in [2.75, 3.05) is 11.4 Å². The van der Waals surface area contributed by atoms with E-state index in [1.54, 1.807) is 17.1 Å². The molecule has 0 unspecified atom stereocenters. The van der Waals surface area contributed by atoms with E-state index in [1.807, 2.05) is 38.1 Å². The van der Waals surface area contributed by atoms with Gasteiger partial charge in [0.2, 0.25) is 0 Å². The lowest BCUT2D eigenvalue weighted by Gasteiger charge is -2.19. The highest BCUT2D eigenvalue weighted by Crippen LogP contribution is 2.18. The third-order valence-electron chi connectivity index (χ3n) is 2.03. The summed E-state index contributed by atoms with van der Waals surface area (Å²) in [5, 5.41) is 0. The van der Waals surface area contributed by atoms with E-state index < -0.39 is 0 Å². The van der Waals surface area contributed by atoms with Crippen molar-refractivity contribution in [1.82, 2.24) is 0 Å². The van der Waals surface area contributed by atoms with Crippen LogP contribution in [0.15, 0.2) is 40.9 Å². The molecule has 0 N–H and O–H groups in total. The van der Waals surface area contributed by atoms with Gasteiger partial charge in [0.1, 0.15) is 0 Å². The summed E-state index contributed by atoms with van der Waals surface area (Å²) in [5.41, 5.74) is 0.920. The number of carbonyl (C=O) groups is 1. The molecule has 1 rings (SSSR count). The number of likely N-dealkylation sites (N-methyl/N-ethyl adjacent to an activating group) is 1. The topological polar surface area (TPSA) is 20.3 Å². The summed E-state index contributed by atoms with van der Waals surface area (Å²) in [5.74, 6) is 0.0160. The number of anilines is 1. The molecule has 80 valence electrons. The van der Waals surface area contributed by atoms with Crippen molar-refractivity contribution in [3.8, 4) is 0 Å². The third-order valence-corrected chi connectivity index (χ3v) is 2.56. The van der Waals surface area contributed by atoms with Gasteiger partial charge in [-0.3, -0.25) is 4.79 Å². The maximum Gasteiger partial charge on any atom is 0.250 e. The van der Waals surface area contributed by atoms with E-state index in [0.717, 1.165) is 10.2 Å². The molecule has 1 aromatic carbocycles. The number of hydrogen-bond acceptors (Lipinski definition) is 1. The van der Waals surface area contributed by atoms with E-state index in [2.05, 4.69) is 15.9 Å². The summed E-state index contributed by atoms with van der Waals surface area (Å²) in [6.45, 7) is 4.47. The lowest BCUT2D eigenvalue weighted by Crippen LogP contribution is -2.28. The fourth-order valence-electron chi connectivity index (χ4n) is 1.32. The molecule has 0 aliphatic rings. The zero-order chi connectivity index (χ0) is 11.3. The highest BCUT2D eigenvalue weighted by Gasteiger charge is 2.09. The van der Waals surface area contributed by atoms with Gasteiger partial charge in [-0.25, -0.2) is 0 Å². The predicted octanol–water partition coefficient (Wildman–Crippen LogP) is 3.38. The van der Waals surface area contributed by atoms with E-state index >= 15 is 0 Å². The Morgan fingerprint density at radius 3 is 2.47 bits per heavy atom. The molecule has 0 aromatic heterocycles. The smallest absolute Gasteiger partial charge is 0.250 e. The van der Waals surface area contributed by atoms with Gasteiger partial charge in [-0.05, 0) is 44.2 Å². The number of amides is 1. The van der Waals surface area contributed by atoms with Crippen LogP contribution in [0.2, 0.25) is 0 Å². The van der Waals surface area contributed by atoms with Crippen LogP contribution in [0.5, 0.6) is 0 Å². The molecular weight excluding hydrogens is 254 g/mol. The molecule has 0 heterocycles. The fourth-order valence-corrected chi connectivity index (χ4v) is 1.58. The molecular formula is C12H14BrNO. The minimum absolute atomic E-state index is 0.0160. The number of halogens is 1. The number of hydrogen-bond donors (Lipinski definition) is 0. The first kappa shape index (κ1) is 12.0. The Balaban J connectivity index is 2.92. The lowest BCUT2D eigenvalue weighted by molar-refractivity contribution is -0.114. The van der Waals surface area contributed by atoms with E-state index in [1.165, 1.54) is 0 Å². The van der Waals surface area contributed by atoms with Gasteiger partial charge in [0, 0.05) is 16.7 Å². The Morgan fingerprint density at radius 1 is 1.40 bits per heavy atom. The quantitative estimate of drug-likeness (QED) is 0.769. The number of benzene rings is 1. The van der Waals surface area contributed by atoms with Gasteiger partial charge in [-0.2, -0.15) is 0 Å². The highest BCUT2D eigenvalue weighted by molar-refractivity contribution is 9.10. The van der Waals surface area contributed by atoms with E-state index in [0.29, 0.717) is 6.54 Å². The average Bonchev–Trinajstić information content (AvgIpc) is 2.22. The standard InChI is InChI=1S/C12H14BrNO/c1-3-5-12(15)14(4-2)11-8-6-10(13)7-9-11/h3,5-9H,4H2,1-2H3/b5-3+. The first-order valence-corrected chi connectivity index (χ1v) is 5.68. The first-order valence-electron chi connectivity index (χ1n) is 4.88. The van der Waals surface area contributed by atoms with E-state index in [9.17, 15) is 4.79 Å². The molecule has 0 spiro atoms. The predicted molar refractivity (Wildman–Crippen MR) is 67.0 cm³/mol. The lowest BCUT2D eigenvalue weighted by atomic mass is 10.3. The summed E-state index contributed by atoms with van der Waals surface area (Å²) in [6, 6.07) is 7.71. The van der Waals surface area contributed by atoms with Crippen LogP contribution in [-0.2, 0) is 4.79 Å². The molecule has 0 saturated carbocycles. The van der Waals surface area contributed by atoms with Crippen molar-refractivity contribution in [2.45, 2.75) is 13.8 Å². The molecule has 0 bridgehead atoms. The minimum Gasteiger partial charge on any atom is -0.309 e. The van der Waals surface area contributed by atoms with E-state index in [4.69, 9.17) is 0 Å². The molecule has 0 saturated heterocycles. The van der Waals surface area contributed by atoms with Crippen LogP contribution in [0.4, 0.5) is 5.69 Å². The van der Waals surface area contributed by atoms with Crippen LogP contribution >= 0.6 is 15.9 Å². The van der Waals surface area contributed by atoms with Crippen molar-refractivity contribution in [3.63, 3.8) is 0 Å². The van der Waals surface area contributed by atoms with Crippen LogP contribution < -0.4 is 4.90 Å². The second kappa shape index (κ2) is 5.71. The largest absolute Gasteiger partial charge is 0.309 e. The second-order valence-electron chi connectivity index (χ2n) is 3.06. The van der Waals surface area contributed by atoms with Gasteiger partial charge >= 0.3 is 0 Å². The van der Waals surface area contributed by atoms with Crippen molar-refractivity contribution in [1.29, 1.82) is 0 Å². The fraction of sp³-hybridized carbons (Fsp3) is 0.250. The maximum atomic E-state index is 11.7. The molecule has 0 aliphatic carbocycles. The summed E-state index contributed by atoms with van der Waals surface area (Å²) in [4.78, 5) is 13.4. The summed E-state index contributed by atoms with van der Waals surface area (Å²) >= 11 is 3.37. The number of nitrogens with zero attached hydrogens (tertiary/aromatic N) is 1. The summed E-state index contributed by atoms with van der Waals surface area (Å²) in [7, 11) is 0. The molecule has 15 heavy (non-hydrogen) atoms. The third kappa shape index (κ3) is 3.20. The van der Waals surface area contributed by atoms with E-state index in [-0.39, 0.29) is 5.91 Å². The summed E-state index contributed by atoms with van der Waals surface area (Å²) < 4.78 is 1.01. The van der Waals surface area contributed by atoms with Crippen LogP contribution in [0.25, 0.3) is 0 Å². The van der Waals surface area contributed by atoms with Crippen LogP contribution in [0, 0.1) is 0 Å². The van der Waals surface area contributed by atoms with Crippen molar-refractivity contribution in [3.05, 3.63) is 40.9 Å². The van der Waals surface area contributed by atoms with Crippen molar-refractivity contribution in [2.24, 2.45) is 0 Å². The average molecular weight is 268 g/mol. The Bertz CT molecular complexity index is 356.